The second-order valence-corrected chi connectivity index (χ2v) is 6.31. The Morgan fingerprint density at radius 3 is 2.72 bits per heavy atom. The van der Waals surface area contributed by atoms with Gasteiger partial charge in [0, 0.05) is 50.5 Å². The van der Waals surface area contributed by atoms with Gasteiger partial charge in [0.25, 0.3) is 11.7 Å². The summed E-state index contributed by atoms with van der Waals surface area (Å²) in [7, 11) is 1.99. The molecule has 1 fully saturated rings. The van der Waals surface area contributed by atoms with Crippen LogP contribution in [0.4, 0.5) is 5.95 Å². The minimum atomic E-state index is -0.250. The van der Waals surface area contributed by atoms with Crippen LogP contribution in [0.15, 0.2) is 24.7 Å². The molecule has 4 heterocycles. The second-order valence-electron chi connectivity index (χ2n) is 6.31. The van der Waals surface area contributed by atoms with Gasteiger partial charge >= 0.3 is 0 Å². The van der Waals surface area contributed by atoms with Gasteiger partial charge in [-0.05, 0) is 25.8 Å². The van der Waals surface area contributed by atoms with Crippen molar-refractivity contribution >= 4 is 17.6 Å². The van der Waals surface area contributed by atoms with E-state index >= 15 is 0 Å². The van der Waals surface area contributed by atoms with E-state index in [1.54, 1.807) is 16.9 Å². The molecule has 1 N–H and O–H groups in total. The maximum atomic E-state index is 12.5. The fraction of sp³-hybridized carbons (Fsp3) is 0.438. The Hall–Kier alpha value is -2.97. The predicted octanol–water partition coefficient (Wildman–Crippen LogP) is 0.565. The number of nitrogens with zero attached hydrogens (tertiary/aromatic N) is 7. The van der Waals surface area contributed by atoms with Gasteiger partial charge in [-0.2, -0.15) is 4.98 Å². The molecule has 130 valence electrons. The molecule has 3 aromatic rings. The van der Waals surface area contributed by atoms with Crippen LogP contribution in [-0.4, -0.2) is 54.2 Å². The van der Waals surface area contributed by atoms with Crippen molar-refractivity contribution in [2.24, 2.45) is 7.05 Å². The number of amides is 1. The number of nitrogens with one attached hydrogen (secondary N) is 1. The summed E-state index contributed by atoms with van der Waals surface area (Å²) in [5.74, 6) is 1.32. The number of piperidine rings is 1. The molecule has 0 aliphatic carbocycles. The molecular weight excluding hydrogens is 320 g/mol. The Kier molecular flexibility index (Phi) is 3.83. The highest BCUT2D eigenvalue weighted by atomic mass is 16.2. The van der Waals surface area contributed by atoms with Gasteiger partial charge in [0.05, 0.1) is 0 Å². The Labute approximate surface area is 144 Å². The quantitative estimate of drug-likeness (QED) is 0.749. The number of anilines is 1. The third-order valence-corrected chi connectivity index (χ3v) is 4.54. The highest BCUT2D eigenvalue weighted by Gasteiger charge is 2.24. The van der Waals surface area contributed by atoms with Gasteiger partial charge in [0.1, 0.15) is 0 Å². The lowest BCUT2D eigenvalue weighted by molar-refractivity contribution is 0.0920. The molecule has 3 aromatic heterocycles. The van der Waals surface area contributed by atoms with Crippen LogP contribution >= 0.6 is 0 Å². The van der Waals surface area contributed by atoms with Gasteiger partial charge in [0.15, 0.2) is 0 Å². The average Bonchev–Trinajstić information content (AvgIpc) is 3.23. The van der Waals surface area contributed by atoms with Crippen molar-refractivity contribution in [3.05, 3.63) is 36.2 Å². The third kappa shape index (κ3) is 2.92. The molecule has 0 bridgehead atoms. The maximum Gasteiger partial charge on any atom is 0.291 e. The van der Waals surface area contributed by atoms with E-state index in [0.29, 0.717) is 5.78 Å². The summed E-state index contributed by atoms with van der Waals surface area (Å²) >= 11 is 0. The highest BCUT2D eigenvalue weighted by Crippen LogP contribution is 2.17. The van der Waals surface area contributed by atoms with Gasteiger partial charge in [-0.15, -0.1) is 5.10 Å². The van der Waals surface area contributed by atoms with Gasteiger partial charge in [-0.1, -0.05) is 0 Å². The minimum absolute atomic E-state index is 0.115. The second kappa shape index (κ2) is 6.15. The van der Waals surface area contributed by atoms with Crippen LogP contribution in [0, 0.1) is 6.92 Å². The fourth-order valence-electron chi connectivity index (χ4n) is 3.14. The molecule has 1 amide bonds. The van der Waals surface area contributed by atoms with Crippen molar-refractivity contribution in [1.82, 2.24) is 34.4 Å². The number of carbonyl (C=O) groups excluding carboxylic acids is 1. The smallest absolute Gasteiger partial charge is 0.291 e. The average molecular weight is 340 g/mol. The van der Waals surface area contributed by atoms with E-state index in [-0.39, 0.29) is 17.8 Å². The zero-order chi connectivity index (χ0) is 17.4. The number of aryl methyl sites for hydroxylation is 2. The molecule has 0 aromatic carbocycles. The monoisotopic (exact) mass is 340 g/mol. The van der Waals surface area contributed by atoms with Gasteiger partial charge in [0.2, 0.25) is 11.8 Å². The molecule has 1 aliphatic heterocycles. The zero-order valence-electron chi connectivity index (χ0n) is 14.3. The molecule has 0 atom stereocenters. The number of rotatable bonds is 3. The lowest BCUT2D eigenvalue weighted by Crippen LogP contribution is -2.45. The molecule has 0 radical (unpaired) electrons. The van der Waals surface area contributed by atoms with Crippen LogP contribution in [0.3, 0.4) is 0 Å². The first-order valence-electron chi connectivity index (χ1n) is 8.33. The first-order chi connectivity index (χ1) is 12.1. The molecule has 0 unspecified atom stereocenters. The van der Waals surface area contributed by atoms with Gasteiger partial charge < -0.3 is 14.8 Å². The summed E-state index contributed by atoms with van der Waals surface area (Å²) in [6.07, 6.45) is 7.13. The summed E-state index contributed by atoms with van der Waals surface area (Å²) < 4.78 is 3.59. The first-order valence-corrected chi connectivity index (χ1v) is 8.33. The topological polar surface area (TPSA) is 93.2 Å². The van der Waals surface area contributed by atoms with Gasteiger partial charge in [-0.25, -0.2) is 14.5 Å². The van der Waals surface area contributed by atoms with Crippen molar-refractivity contribution < 1.29 is 4.79 Å². The van der Waals surface area contributed by atoms with Crippen molar-refractivity contribution in [2.45, 2.75) is 25.8 Å². The summed E-state index contributed by atoms with van der Waals surface area (Å²) in [5, 5.41) is 7.29. The van der Waals surface area contributed by atoms with E-state index in [4.69, 9.17) is 0 Å². The Morgan fingerprint density at radius 1 is 1.24 bits per heavy atom. The summed E-state index contributed by atoms with van der Waals surface area (Å²) in [5.41, 5.74) is 0.889. The number of imidazole rings is 1. The molecule has 4 rings (SSSR count). The lowest BCUT2D eigenvalue weighted by Gasteiger charge is -2.32. The molecule has 1 aliphatic rings. The normalized spacial score (nSPS) is 15.7. The van der Waals surface area contributed by atoms with E-state index in [0.717, 1.165) is 37.6 Å². The van der Waals surface area contributed by atoms with E-state index in [2.05, 4.69) is 30.3 Å². The molecule has 0 spiro atoms. The summed E-state index contributed by atoms with van der Waals surface area (Å²) in [6, 6.07) is 1.95. The van der Waals surface area contributed by atoms with Crippen molar-refractivity contribution in [3.8, 4) is 0 Å². The Bertz CT molecular complexity index is 906. The lowest BCUT2D eigenvalue weighted by atomic mass is 10.1. The number of fused-ring (bicyclic) bond motifs is 1. The molecule has 0 saturated carbocycles. The van der Waals surface area contributed by atoms with Crippen LogP contribution < -0.4 is 10.2 Å². The SMILES string of the molecule is Cc1ccnc2nc(C(=O)NC3CCN(c4nccn4C)CC3)nn12. The van der Waals surface area contributed by atoms with E-state index in [1.165, 1.54) is 0 Å². The number of hydrogen-bond donors (Lipinski definition) is 1. The van der Waals surface area contributed by atoms with E-state index < -0.39 is 0 Å². The Balaban J connectivity index is 1.40. The van der Waals surface area contributed by atoms with Crippen molar-refractivity contribution in [2.75, 3.05) is 18.0 Å². The highest BCUT2D eigenvalue weighted by molar-refractivity contribution is 5.91. The predicted molar refractivity (Wildman–Crippen MR) is 91.4 cm³/mol. The molecule has 9 nitrogen and oxygen atoms in total. The number of aromatic nitrogens is 6. The third-order valence-electron chi connectivity index (χ3n) is 4.54. The number of carbonyl (C=O) groups is 1. The largest absolute Gasteiger partial charge is 0.346 e. The molecule has 25 heavy (non-hydrogen) atoms. The minimum Gasteiger partial charge on any atom is -0.346 e. The van der Waals surface area contributed by atoms with E-state index in [9.17, 15) is 4.79 Å². The van der Waals surface area contributed by atoms with Crippen molar-refractivity contribution in [3.63, 3.8) is 0 Å². The Morgan fingerprint density at radius 2 is 2.04 bits per heavy atom. The van der Waals surface area contributed by atoms with Crippen LogP contribution in [-0.2, 0) is 7.05 Å². The molecule has 1 saturated heterocycles. The van der Waals surface area contributed by atoms with Crippen LogP contribution in [0.5, 0.6) is 0 Å². The van der Waals surface area contributed by atoms with E-state index in [1.807, 2.05) is 30.8 Å². The molecule has 9 heteroatoms. The fourth-order valence-corrected chi connectivity index (χ4v) is 3.14. The van der Waals surface area contributed by atoms with Crippen LogP contribution in [0.1, 0.15) is 29.2 Å². The number of hydrogen-bond acceptors (Lipinski definition) is 6. The van der Waals surface area contributed by atoms with Crippen LogP contribution in [0.2, 0.25) is 0 Å². The van der Waals surface area contributed by atoms with Crippen molar-refractivity contribution in [1.29, 1.82) is 0 Å². The summed E-state index contributed by atoms with van der Waals surface area (Å²) in [6.45, 7) is 3.61. The maximum absolute atomic E-state index is 12.5. The molecular formula is C16H20N8O. The van der Waals surface area contributed by atoms with Crippen LogP contribution in [0.25, 0.3) is 5.78 Å². The summed E-state index contributed by atoms with van der Waals surface area (Å²) in [4.78, 5) is 27.4. The zero-order valence-corrected chi connectivity index (χ0v) is 14.3. The first kappa shape index (κ1) is 15.6. The van der Waals surface area contributed by atoms with Gasteiger partial charge in [-0.3, -0.25) is 4.79 Å². The standard InChI is InChI=1S/C16H20N8O/c1-11-3-6-17-15-20-13(21-24(11)15)14(25)19-12-4-8-23(9-5-12)16-18-7-10-22(16)2/h3,6-7,10,12H,4-5,8-9H2,1-2H3,(H,19,25).